The summed E-state index contributed by atoms with van der Waals surface area (Å²) in [4.78, 5) is 16.0. The molecule has 100 valence electrons. The Morgan fingerprint density at radius 2 is 2.32 bits per heavy atom. The molecule has 0 spiro atoms. The lowest BCUT2D eigenvalue weighted by molar-refractivity contribution is 0.0953. The summed E-state index contributed by atoms with van der Waals surface area (Å²) < 4.78 is 5.50. The van der Waals surface area contributed by atoms with Crippen LogP contribution in [0.2, 0.25) is 5.02 Å². The zero-order valence-corrected chi connectivity index (χ0v) is 12.5. The summed E-state index contributed by atoms with van der Waals surface area (Å²) in [5, 5.41) is 7.11. The second-order valence-corrected chi connectivity index (χ2v) is 5.15. The van der Waals surface area contributed by atoms with E-state index < -0.39 is 0 Å². The molecule has 7 heteroatoms. The lowest BCUT2D eigenvalue weighted by atomic mass is 10.2. The van der Waals surface area contributed by atoms with Gasteiger partial charge < -0.3 is 9.84 Å². The number of benzene rings is 1. The van der Waals surface area contributed by atoms with E-state index in [1.54, 1.807) is 25.1 Å². The highest BCUT2D eigenvalue weighted by Gasteiger charge is 2.10. The maximum atomic E-state index is 11.9. The molecule has 0 atom stereocenters. The molecule has 1 heterocycles. The van der Waals surface area contributed by atoms with Gasteiger partial charge in [0.25, 0.3) is 5.91 Å². The lowest BCUT2D eigenvalue weighted by Crippen LogP contribution is -2.26. The first-order chi connectivity index (χ1) is 9.06. The van der Waals surface area contributed by atoms with Gasteiger partial charge in [-0.1, -0.05) is 16.8 Å². The van der Waals surface area contributed by atoms with Crippen molar-refractivity contribution in [3.63, 3.8) is 0 Å². The second-order valence-electron chi connectivity index (χ2n) is 3.86. The summed E-state index contributed by atoms with van der Waals surface area (Å²) in [5.41, 5.74) is 0.536. The van der Waals surface area contributed by atoms with E-state index in [0.717, 1.165) is 0 Å². The monoisotopic (exact) mass is 343 g/mol. The van der Waals surface area contributed by atoms with Gasteiger partial charge in [0.05, 0.1) is 5.56 Å². The third-order valence-corrected chi connectivity index (χ3v) is 3.27. The zero-order chi connectivity index (χ0) is 13.8. The fourth-order valence-electron chi connectivity index (χ4n) is 1.50. The molecule has 1 aromatic heterocycles. The molecule has 0 saturated carbocycles. The van der Waals surface area contributed by atoms with E-state index in [1.165, 1.54) is 0 Å². The van der Waals surface area contributed by atoms with Crippen LogP contribution in [0.25, 0.3) is 0 Å². The number of aromatic nitrogens is 2. The van der Waals surface area contributed by atoms with Gasteiger partial charge in [-0.15, -0.1) is 0 Å². The molecule has 1 N–H and O–H groups in total. The quantitative estimate of drug-likeness (QED) is 0.926. The predicted molar refractivity (Wildman–Crippen MR) is 74.2 cm³/mol. The smallest absolute Gasteiger partial charge is 0.252 e. The van der Waals surface area contributed by atoms with Crippen LogP contribution in [0, 0.1) is 6.92 Å². The molecular formula is C12H11BrClN3O2. The zero-order valence-electron chi connectivity index (χ0n) is 10.1. The molecule has 1 amide bonds. The molecule has 0 radical (unpaired) electrons. The first-order valence-corrected chi connectivity index (χ1v) is 6.76. The van der Waals surface area contributed by atoms with Gasteiger partial charge in [-0.05, 0) is 34.1 Å². The molecule has 0 unspecified atom stereocenters. The summed E-state index contributed by atoms with van der Waals surface area (Å²) in [7, 11) is 0. The molecule has 0 aliphatic carbocycles. The Bertz CT molecular complexity index is 600. The summed E-state index contributed by atoms with van der Waals surface area (Å²) >= 11 is 9.12. The molecule has 0 bridgehead atoms. The van der Waals surface area contributed by atoms with Gasteiger partial charge in [-0.25, -0.2) is 0 Å². The Morgan fingerprint density at radius 1 is 1.53 bits per heavy atom. The third-order valence-electron chi connectivity index (χ3n) is 2.38. The Kier molecular flexibility index (Phi) is 4.55. The van der Waals surface area contributed by atoms with E-state index in [4.69, 9.17) is 16.1 Å². The Hall–Kier alpha value is -1.40. The number of nitrogens with zero attached hydrogens (tertiary/aromatic N) is 2. The van der Waals surface area contributed by atoms with Crippen molar-refractivity contribution < 1.29 is 9.32 Å². The SMILES string of the molecule is Cc1nc(CCNC(=O)c2ccc(Cl)cc2Br)no1. The molecule has 0 aliphatic heterocycles. The van der Waals surface area contributed by atoms with Gasteiger partial charge in [-0.2, -0.15) is 4.98 Å². The van der Waals surface area contributed by atoms with Crippen molar-refractivity contribution in [3.05, 3.63) is 45.0 Å². The fourth-order valence-corrected chi connectivity index (χ4v) is 2.36. The minimum atomic E-state index is -0.177. The third kappa shape index (κ3) is 3.78. The largest absolute Gasteiger partial charge is 0.352 e. The average Bonchev–Trinajstić information content (AvgIpc) is 2.75. The number of amides is 1. The Balaban J connectivity index is 1.90. The lowest BCUT2D eigenvalue weighted by Gasteiger charge is -2.05. The first-order valence-electron chi connectivity index (χ1n) is 5.58. The van der Waals surface area contributed by atoms with E-state index in [0.29, 0.717) is 39.7 Å². The van der Waals surface area contributed by atoms with Crippen molar-refractivity contribution in [1.29, 1.82) is 0 Å². The van der Waals surface area contributed by atoms with Crippen molar-refractivity contribution in [2.45, 2.75) is 13.3 Å². The minimum absolute atomic E-state index is 0.177. The van der Waals surface area contributed by atoms with E-state index >= 15 is 0 Å². The van der Waals surface area contributed by atoms with Crippen molar-refractivity contribution >= 4 is 33.4 Å². The normalized spacial score (nSPS) is 10.5. The summed E-state index contributed by atoms with van der Waals surface area (Å²) in [6.07, 6.45) is 0.522. The highest BCUT2D eigenvalue weighted by atomic mass is 79.9. The molecular weight excluding hydrogens is 334 g/mol. The number of aryl methyl sites for hydroxylation is 1. The Labute approximate surface area is 123 Å². The number of carbonyl (C=O) groups is 1. The number of hydrogen-bond acceptors (Lipinski definition) is 4. The van der Waals surface area contributed by atoms with Gasteiger partial charge in [0.2, 0.25) is 5.89 Å². The molecule has 0 aliphatic rings. The molecule has 2 aromatic rings. The van der Waals surface area contributed by atoms with Crippen LogP contribution < -0.4 is 5.32 Å². The highest BCUT2D eigenvalue weighted by molar-refractivity contribution is 9.10. The first kappa shape index (κ1) is 14.0. The number of rotatable bonds is 4. The second kappa shape index (κ2) is 6.16. The van der Waals surface area contributed by atoms with Gasteiger partial charge in [-0.3, -0.25) is 4.79 Å². The van der Waals surface area contributed by atoms with Crippen LogP contribution in [0.1, 0.15) is 22.1 Å². The summed E-state index contributed by atoms with van der Waals surface area (Å²) in [6.45, 7) is 2.16. The van der Waals surface area contributed by atoms with Gasteiger partial charge in [0, 0.05) is 29.4 Å². The molecule has 2 rings (SSSR count). The Morgan fingerprint density at radius 3 is 2.95 bits per heavy atom. The van der Waals surface area contributed by atoms with Crippen LogP contribution in [0.15, 0.2) is 27.2 Å². The molecule has 5 nitrogen and oxygen atoms in total. The maximum absolute atomic E-state index is 11.9. The number of nitrogens with one attached hydrogen (secondary N) is 1. The minimum Gasteiger partial charge on any atom is -0.352 e. The van der Waals surface area contributed by atoms with Gasteiger partial charge in [0.1, 0.15) is 0 Å². The van der Waals surface area contributed by atoms with Crippen LogP contribution in [-0.2, 0) is 6.42 Å². The number of hydrogen-bond donors (Lipinski definition) is 1. The van der Waals surface area contributed by atoms with E-state index in [1.807, 2.05) is 0 Å². The van der Waals surface area contributed by atoms with Crippen LogP contribution in [0.4, 0.5) is 0 Å². The van der Waals surface area contributed by atoms with Crippen LogP contribution in [0.3, 0.4) is 0 Å². The van der Waals surface area contributed by atoms with Gasteiger partial charge in [0.15, 0.2) is 5.82 Å². The standard InChI is InChI=1S/C12H11BrClN3O2/c1-7-16-11(17-19-7)4-5-15-12(18)9-3-2-8(14)6-10(9)13/h2-3,6H,4-5H2,1H3,(H,15,18). The van der Waals surface area contributed by atoms with Crippen LogP contribution >= 0.6 is 27.5 Å². The molecule has 0 saturated heterocycles. The molecule has 19 heavy (non-hydrogen) atoms. The van der Waals surface area contributed by atoms with Crippen molar-refractivity contribution in [2.24, 2.45) is 0 Å². The predicted octanol–water partition coefficient (Wildman–Crippen LogP) is 2.77. The average molecular weight is 345 g/mol. The molecule has 0 fully saturated rings. The van der Waals surface area contributed by atoms with Gasteiger partial charge >= 0.3 is 0 Å². The van der Waals surface area contributed by atoms with Crippen molar-refractivity contribution in [1.82, 2.24) is 15.5 Å². The topological polar surface area (TPSA) is 68.0 Å². The van der Waals surface area contributed by atoms with Crippen molar-refractivity contribution in [3.8, 4) is 0 Å². The van der Waals surface area contributed by atoms with Crippen LogP contribution in [-0.4, -0.2) is 22.6 Å². The van der Waals surface area contributed by atoms with Crippen molar-refractivity contribution in [2.75, 3.05) is 6.54 Å². The van der Waals surface area contributed by atoms with Crippen LogP contribution in [0.5, 0.6) is 0 Å². The van der Waals surface area contributed by atoms with E-state index in [2.05, 4.69) is 31.4 Å². The fraction of sp³-hybridized carbons (Fsp3) is 0.250. The molecule has 1 aromatic carbocycles. The summed E-state index contributed by atoms with van der Waals surface area (Å²) in [6, 6.07) is 5.02. The van der Waals surface area contributed by atoms with E-state index in [-0.39, 0.29) is 5.91 Å². The maximum Gasteiger partial charge on any atom is 0.252 e. The van der Waals surface area contributed by atoms with E-state index in [9.17, 15) is 4.79 Å². The summed E-state index contributed by atoms with van der Waals surface area (Å²) in [5.74, 6) is 0.915. The highest BCUT2D eigenvalue weighted by Crippen LogP contribution is 2.21. The number of carbonyl (C=O) groups excluding carboxylic acids is 1. The number of halogens is 2.